The standard InChI is InChI=1S/C14H18F3NO/c1-14(2)12(6-13(14)19-3)18-7-8-4-10(16)11(17)5-9(8)15/h4-5,12-13,18H,6-7H2,1-3H3. The van der Waals surface area contributed by atoms with E-state index in [1.165, 1.54) is 0 Å². The number of hydrogen-bond acceptors (Lipinski definition) is 2. The van der Waals surface area contributed by atoms with Gasteiger partial charge in [-0.25, -0.2) is 13.2 Å². The molecule has 0 saturated heterocycles. The molecule has 1 aliphatic rings. The first-order chi connectivity index (χ1) is 8.86. The van der Waals surface area contributed by atoms with Gasteiger partial charge < -0.3 is 10.1 Å². The van der Waals surface area contributed by atoms with Crippen LogP contribution in [0, 0.1) is 22.9 Å². The number of rotatable bonds is 4. The van der Waals surface area contributed by atoms with Gasteiger partial charge in [-0.3, -0.25) is 0 Å². The zero-order valence-corrected chi connectivity index (χ0v) is 11.3. The second-order valence-electron chi connectivity index (χ2n) is 5.57. The van der Waals surface area contributed by atoms with Crippen LogP contribution in [0.4, 0.5) is 13.2 Å². The van der Waals surface area contributed by atoms with Crippen LogP contribution in [0.3, 0.4) is 0 Å². The molecule has 2 nitrogen and oxygen atoms in total. The molecular weight excluding hydrogens is 255 g/mol. The molecule has 1 N–H and O–H groups in total. The van der Waals surface area contributed by atoms with Gasteiger partial charge in [-0.1, -0.05) is 13.8 Å². The van der Waals surface area contributed by atoms with E-state index in [9.17, 15) is 13.2 Å². The predicted octanol–water partition coefficient (Wildman–Crippen LogP) is 3.01. The van der Waals surface area contributed by atoms with Gasteiger partial charge in [0.25, 0.3) is 0 Å². The predicted molar refractivity (Wildman–Crippen MR) is 66.1 cm³/mol. The fourth-order valence-electron chi connectivity index (χ4n) is 2.56. The highest BCUT2D eigenvalue weighted by Crippen LogP contribution is 2.42. The molecule has 2 rings (SSSR count). The van der Waals surface area contributed by atoms with E-state index >= 15 is 0 Å². The van der Waals surface area contributed by atoms with Crippen LogP contribution >= 0.6 is 0 Å². The first-order valence-electron chi connectivity index (χ1n) is 6.26. The van der Waals surface area contributed by atoms with E-state index in [1.807, 2.05) is 0 Å². The SMILES string of the molecule is COC1CC(NCc2cc(F)c(F)cc2F)C1(C)C. The molecule has 5 heteroatoms. The van der Waals surface area contributed by atoms with Gasteiger partial charge in [-0.05, 0) is 12.5 Å². The number of nitrogens with one attached hydrogen (secondary N) is 1. The van der Waals surface area contributed by atoms with Gasteiger partial charge in [0.1, 0.15) is 5.82 Å². The maximum atomic E-state index is 13.5. The summed E-state index contributed by atoms with van der Waals surface area (Å²) in [6.45, 7) is 4.29. The van der Waals surface area contributed by atoms with Gasteiger partial charge in [0.05, 0.1) is 6.10 Å². The topological polar surface area (TPSA) is 21.3 Å². The average Bonchev–Trinajstić information content (AvgIpc) is 2.34. The summed E-state index contributed by atoms with van der Waals surface area (Å²) in [5.74, 6) is -2.92. The third kappa shape index (κ3) is 2.62. The molecule has 19 heavy (non-hydrogen) atoms. The molecular formula is C14H18F3NO. The first-order valence-corrected chi connectivity index (χ1v) is 6.26. The Labute approximate surface area is 111 Å². The van der Waals surface area contributed by atoms with Crippen molar-refractivity contribution in [2.24, 2.45) is 5.41 Å². The largest absolute Gasteiger partial charge is 0.381 e. The van der Waals surface area contributed by atoms with E-state index in [-0.39, 0.29) is 29.7 Å². The van der Waals surface area contributed by atoms with Gasteiger partial charge >= 0.3 is 0 Å². The molecule has 2 unspecified atom stereocenters. The fraction of sp³-hybridized carbons (Fsp3) is 0.571. The van der Waals surface area contributed by atoms with Crippen LogP contribution in [0.25, 0.3) is 0 Å². The first kappa shape index (κ1) is 14.3. The molecule has 0 heterocycles. The minimum Gasteiger partial charge on any atom is -0.381 e. The lowest BCUT2D eigenvalue weighted by Gasteiger charge is -2.51. The van der Waals surface area contributed by atoms with Crippen LogP contribution in [0.15, 0.2) is 12.1 Å². The lowest BCUT2D eigenvalue weighted by Crippen LogP contribution is -2.60. The van der Waals surface area contributed by atoms with Crippen LogP contribution in [-0.4, -0.2) is 19.3 Å². The molecule has 2 atom stereocenters. The van der Waals surface area contributed by atoms with Crippen molar-refractivity contribution >= 4 is 0 Å². The summed E-state index contributed by atoms with van der Waals surface area (Å²) < 4.78 is 44.6. The second-order valence-corrected chi connectivity index (χ2v) is 5.57. The molecule has 106 valence electrons. The smallest absolute Gasteiger partial charge is 0.161 e. The average molecular weight is 273 g/mol. The Morgan fingerprint density at radius 3 is 2.42 bits per heavy atom. The van der Waals surface area contributed by atoms with Crippen molar-refractivity contribution in [3.8, 4) is 0 Å². The number of ether oxygens (including phenoxy) is 1. The Balaban J connectivity index is 1.99. The zero-order valence-electron chi connectivity index (χ0n) is 11.3. The van der Waals surface area contributed by atoms with Crippen molar-refractivity contribution in [1.82, 2.24) is 5.32 Å². The van der Waals surface area contributed by atoms with Crippen LogP contribution in [0.1, 0.15) is 25.8 Å². The number of halogens is 3. The van der Waals surface area contributed by atoms with Crippen LogP contribution in [0.5, 0.6) is 0 Å². The van der Waals surface area contributed by atoms with E-state index in [2.05, 4.69) is 19.2 Å². The zero-order chi connectivity index (χ0) is 14.2. The second kappa shape index (κ2) is 5.13. The molecule has 1 fully saturated rings. The molecule has 0 amide bonds. The molecule has 1 aliphatic carbocycles. The highest BCUT2D eigenvalue weighted by atomic mass is 19.2. The Morgan fingerprint density at radius 2 is 1.84 bits per heavy atom. The summed E-state index contributed by atoms with van der Waals surface area (Å²) in [4.78, 5) is 0. The summed E-state index contributed by atoms with van der Waals surface area (Å²) in [7, 11) is 1.66. The summed E-state index contributed by atoms with van der Waals surface area (Å²) in [6, 6.07) is 1.65. The summed E-state index contributed by atoms with van der Waals surface area (Å²) >= 11 is 0. The monoisotopic (exact) mass is 273 g/mol. The Hall–Kier alpha value is -1.07. The van der Waals surface area contributed by atoms with Gasteiger partial charge in [0, 0.05) is 36.7 Å². The lowest BCUT2D eigenvalue weighted by molar-refractivity contribution is -0.0979. The molecule has 1 aromatic rings. The normalized spacial score (nSPS) is 25.2. The number of methoxy groups -OCH3 is 1. The van der Waals surface area contributed by atoms with Crippen LogP contribution in [0.2, 0.25) is 0 Å². The molecule has 0 bridgehead atoms. The number of hydrogen-bond donors (Lipinski definition) is 1. The molecule has 1 saturated carbocycles. The minimum atomic E-state index is -1.16. The van der Waals surface area contributed by atoms with E-state index < -0.39 is 17.5 Å². The summed E-state index contributed by atoms with van der Waals surface area (Å²) in [5.41, 5.74) is 0.0830. The molecule has 0 spiro atoms. The third-order valence-corrected chi connectivity index (χ3v) is 4.09. The molecule has 0 aromatic heterocycles. The van der Waals surface area contributed by atoms with E-state index in [4.69, 9.17) is 4.74 Å². The fourth-order valence-corrected chi connectivity index (χ4v) is 2.56. The summed E-state index contributed by atoms with van der Waals surface area (Å²) in [5, 5.41) is 3.17. The summed E-state index contributed by atoms with van der Waals surface area (Å²) in [6.07, 6.45) is 0.995. The maximum absolute atomic E-state index is 13.5. The Bertz CT molecular complexity index is 476. The van der Waals surface area contributed by atoms with E-state index in [1.54, 1.807) is 7.11 Å². The van der Waals surface area contributed by atoms with Crippen LogP contribution < -0.4 is 5.32 Å². The highest BCUT2D eigenvalue weighted by molar-refractivity contribution is 5.20. The third-order valence-electron chi connectivity index (χ3n) is 4.09. The van der Waals surface area contributed by atoms with E-state index in [0.29, 0.717) is 6.07 Å². The quantitative estimate of drug-likeness (QED) is 0.851. The van der Waals surface area contributed by atoms with Crippen molar-refractivity contribution in [2.45, 2.75) is 39.0 Å². The minimum absolute atomic E-state index is 0.0518. The van der Waals surface area contributed by atoms with Crippen LogP contribution in [-0.2, 0) is 11.3 Å². The van der Waals surface area contributed by atoms with Crippen molar-refractivity contribution in [2.75, 3.05) is 7.11 Å². The van der Waals surface area contributed by atoms with Gasteiger partial charge in [0.2, 0.25) is 0 Å². The van der Waals surface area contributed by atoms with Crippen molar-refractivity contribution in [3.63, 3.8) is 0 Å². The molecule has 1 aromatic carbocycles. The van der Waals surface area contributed by atoms with E-state index in [0.717, 1.165) is 12.5 Å². The highest BCUT2D eigenvalue weighted by Gasteiger charge is 2.48. The lowest BCUT2D eigenvalue weighted by atomic mass is 9.64. The van der Waals surface area contributed by atoms with Gasteiger partial charge in [0.15, 0.2) is 11.6 Å². The number of benzene rings is 1. The van der Waals surface area contributed by atoms with Crippen molar-refractivity contribution in [1.29, 1.82) is 0 Å². The van der Waals surface area contributed by atoms with Crippen molar-refractivity contribution in [3.05, 3.63) is 35.1 Å². The Morgan fingerprint density at radius 1 is 1.21 bits per heavy atom. The maximum Gasteiger partial charge on any atom is 0.161 e. The van der Waals surface area contributed by atoms with Gasteiger partial charge in [-0.2, -0.15) is 0 Å². The molecule has 0 radical (unpaired) electrons. The van der Waals surface area contributed by atoms with Crippen molar-refractivity contribution < 1.29 is 17.9 Å². The van der Waals surface area contributed by atoms with Gasteiger partial charge in [-0.15, -0.1) is 0 Å². The molecule has 0 aliphatic heterocycles. The Kier molecular flexibility index (Phi) is 3.87.